The molecule has 1 aromatic heterocycles. The maximum atomic E-state index is 12.4. The highest BCUT2D eigenvalue weighted by Crippen LogP contribution is 2.27. The van der Waals surface area contributed by atoms with Gasteiger partial charge in [0, 0.05) is 12.2 Å². The van der Waals surface area contributed by atoms with Gasteiger partial charge in [-0.1, -0.05) is 42.9 Å². The lowest BCUT2D eigenvalue weighted by Crippen LogP contribution is -2.29. The van der Waals surface area contributed by atoms with Crippen molar-refractivity contribution in [3.05, 3.63) is 39.9 Å². The van der Waals surface area contributed by atoms with Crippen molar-refractivity contribution in [1.82, 2.24) is 15.2 Å². The van der Waals surface area contributed by atoms with Crippen molar-refractivity contribution in [2.24, 2.45) is 0 Å². The first-order valence-corrected chi connectivity index (χ1v) is 10.1. The Morgan fingerprint density at radius 3 is 2.58 bits per heavy atom. The molecule has 0 bridgehead atoms. The topological polar surface area (TPSA) is 57.3 Å². The third kappa shape index (κ3) is 5.54. The number of nitrogens with zero attached hydrogens (tertiary/aromatic N) is 2. The van der Waals surface area contributed by atoms with E-state index in [4.69, 9.17) is 0 Å². The predicted octanol–water partition coefficient (Wildman–Crippen LogP) is 4.27. The molecule has 1 aromatic carbocycles. The van der Waals surface area contributed by atoms with Gasteiger partial charge in [-0.15, -0.1) is 0 Å². The zero-order valence-corrected chi connectivity index (χ0v) is 17.3. The summed E-state index contributed by atoms with van der Waals surface area (Å²) in [5.74, 6) is -0.0341. The summed E-state index contributed by atoms with van der Waals surface area (Å²) < 4.78 is 0. The van der Waals surface area contributed by atoms with Gasteiger partial charge >= 0.3 is 0 Å². The van der Waals surface area contributed by atoms with E-state index in [1.807, 2.05) is 13.0 Å². The quantitative estimate of drug-likeness (QED) is 0.644. The Morgan fingerprint density at radius 2 is 1.92 bits per heavy atom. The van der Waals surface area contributed by atoms with E-state index in [-0.39, 0.29) is 5.91 Å². The summed E-state index contributed by atoms with van der Waals surface area (Å²) in [5, 5.41) is 7.10. The third-order valence-corrected chi connectivity index (χ3v) is 5.53. The van der Waals surface area contributed by atoms with Crippen LogP contribution in [0.5, 0.6) is 0 Å². The van der Waals surface area contributed by atoms with Crippen LogP contribution in [0.2, 0.25) is 0 Å². The predicted molar refractivity (Wildman–Crippen MR) is 111 cm³/mol. The maximum Gasteiger partial charge on any atom is 0.263 e. The molecule has 0 unspecified atom stereocenters. The summed E-state index contributed by atoms with van der Waals surface area (Å²) in [7, 11) is 0. The summed E-state index contributed by atoms with van der Waals surface area (Å²) in [6.45, 7) is 14.1. The molecule has 5 nitrogen and oxygen atoms in total. The van der Waals surface area contributed by atoms with E-state index in [0.717, 1.165) is 42.6 Å². The number of rotatable bonds is 9. The first kappa shape index (κ1) is 20.4. The second-order valence-corrected chi connectivity index (χ2v) is 7.51. The normalized spacial score (nSPS) is 11.0. The number of nitrogens with one attached hydrogen (secondary N) is 2. The van der Waals surface area contributed by atoms with Crippen LogP contribution in [0.1, 0.15) is 46.8 Å². The lowest BCUT2D eigenvalue weighted by molar-refractivity contribution is 0.0955. The van der Waals surface area contributed by atoms with Crippen molar-refractivity contribution in [2.75, 3.05) is 31.5 Å². The molecule has 2 N–H and O–H groups in total. The fourth-order valence-electron chi connectivity index (χ4n) is 2.85. The van der Waals surface area contributed by atoms with Crippen molar-refractivity contribution in [3.8, 4) is 0 Å². The zero-order valence-electron chi connectivity index (χ0n) is 16.5. The number of carbonyl (C=O) groups excluding carboxylic acids is 1. The van der Waals surface area contributed by atoms with Crippen LogP contribution in [-0.2, 0) is 0 Å². The van der Waals surface area contributed by atoms with Crippen LogP contribution in [0, 0.1) is 20.8 Å². The first-order chi connectivity index (χ1) is 12.4. The molecule has 2 aromatic rings. The van der Waals surface area contributed by atoms with Crippen molar-refractivity contribution < 1.29 is 4.79 Å². The Balaban J connectivity index is 1.93. The molecule has 2 rings (SSSR count). The van der Waals surface area contributed by atoms with Gasteiger partial charge in [0.05, 0.1) is 5.69 Å². The van der Waals surface area contributed by atoms with Crippen LogP contribution < -0.4 is 10.6 Å². The Bertz CT molecular complexity index is 737. The number of aromatic nitrogens is 1. The van der Waals surface area contributed by atoms with Crippen LogP contribution in [-0.4, -0.2) is 42.0 Å². The molecule has 1 heterocycles. The number of aryl methyl sites for hydroxylation is 3. The molecule has 0 aliphatic carbocycles. The first-order valence-electron chi connectivity index (χ1n) is 9.26. The number of benzene rings is 1. The SMILES string of the molecule is CCN(CC)CCCNC(=O)c1sc(Nc2ccc(C)cc2C)nc1C. The molecule has 0 spiro atoms. The Hall–Kier alpha value is -1.92. The fraction of sp³-hybridized carbons (Fsp3) is 0.500. The molecule has 0 aliphatic rings. The largest absolute Gasteiger partial charge is 0.351 e. The van der Waals surface area contributed by atoms with Gasteiger partial charge in [-0.3, -0.25) is 4.79 Å². The third-order valence-electron chi connectivity index (χ3n) is 4.46. The molecule has 0 saturated heterocycles. The maximum absolute atomic E-state index is 12.4. The lowest BCUT2D eigenvalue weighted by atomic mass is 10.1. The van der Waals surface area contributed by atoms with Gasteiger partial charge < -0.3 is 15.5 Å². The summed E-state index contributed by atoms with van der Waals surface area (Å²) >= 11 is 1.40. The standard InChI is InChI=1S/C20H30N4OS/c1-6-24(7-2)12-8-11-21-19(25)18-16(5)22-20(26-18)23-17-10-9-14(3)13-15(17)4/h9-10,13H,6-8,11-12H2,1-5H3,(H,21,25)(H,22,23). The molecule has 0 fully saturated rings. The van der Waals surface area contributed by atoms with E-state index < -0.39 is 0 Å². The van der Waals surface area contributed by atoms with Crippen LogP contribution in [0.15, 0.2) is 18.2 Å². The molecule has 6 heteroatoms. The molecular weight excluding hydrogens is 344 g/mol. The number of thiazole rings is 1. The summed E-state index contributed by atoms with van der Waals surface area (Å²) in [6, 6.07) is 6.25. The molecule has 142 valence electrons. The van der Waals surface area contributed by atoms with Crippen LogP contribution in [0.3, 0.4) is 0 Å². The molecular formula is C20H30N4OS. The molecule has 0 aliphatic heterocycles. The van der Waals surface area contributed by atoms with Gasteiger partial charge in [0.2, 0.25) is 0 Å². The van der Waals surface area contributed by atoms with E-state index >= 15 is 0 Å². The Morgan fingerprint density at radius 1 is 1.19 bits per heavy atom. The second-order valence-electron chi connectivity index (χ2n) is 6.51. The fourth-order valence-corrected chi connectivity index (χ4v) is 3.75. The summed E-state index contributed by atoms with van der Waals surface area (Å²) in [4.78, 5) is 20.0. The lowest BCUT2D eigenvalue weighted by Gasteiger charge is -2.17. The molecule has 26 heavy (non-hydrogen) atoms. The van der Waals surface area contributed by atoms with E-state index in [1.165, 1.54) is 22.5 Å². The summed E-state index contributed by atoms with van der Waals surface area (Å²) in [6.07, 6.45) is 0.957. The van der Waals surface area contributed by atoms with Crippen LogP contribution in [0.25, 0.3) is 0 Å². The molecule has 1 amide bonds. The van der Waals surface area contributed by atoms with Crippen molar-refractivity contribution in [1.29, 1.82) is 0 Å². The number of hydrogen-bond acceptors (Lipinski definition) is 5. The van der Waals surface area contributed by atoms with Gasteiger partial charge in [0.1, 0.15) is 4.88 Å². The molecule has 0 saturated carbocycles. The highest BCUT2D eigenvalue weighted by atomic mass is 32.1. The number of carbonyl (C=O) groups is 1. The monoisotopic (exact) mass is 374 g/mol. The van der Waals surface area contributed by atoms with E-state index in [1.54, 1.807) is 0 Å². The van der Waals surface area contributed by atoms with Gasteiger partial charge in [0.15, 0.2) is 5.13 Å². The highest BCUT2D eigenvalue weighted by molar-refractivity contribution is 7.17. The van der Waals surface area contributed by atoms with Crippen LogP contribution in [0.4, 0.5) is 10.8 Å². The van der Waals surface area contributed by atoms with E-state index in [2.05, 4.69) is 60.3 Å². The minimum Gasteiger partial charge on any atom is -0.351 e. The van der Waals surface area contributed by atoms with E-state index in [0.29, 0.717) is 11.4 Å². The van der Waals surface area contributed by atoms with Gasteiger partial charge in [0.25, 0.3) is 5.91 Å². The van der Waals surface area contributed by atoms with Gasteiger partial charge in [-0.05, 0) is 58.5 Å². The van der Waals surface area contributed by atoms with Crippen molar-refractivity contribution >= 4 is 28.1 Å². The van der Waals surface area contributed by atoms with Crippen molar-refractivity contribution in [3.63, 3.8) is 0 Å². The number of hydrogen-bond donors (Lipinski definition) is 2. The van der Waals surface area contributed by atoms with Crippen LogP contribution >= 0.6 is 11.3 Å². The minimum absolute atomic E-state index is 0.0341. The van der Waals surface area contributed by atoms with E-state index in [9.17, 15) is 4.79 Å². The van der Waals surface area contributed by atoms with Gasteiger partial charge in [-0.25, -0.2) is 4.98 Å². The summed E-state index contributed by atoms with van der Waals surface area (Å²) in [5.41, 5.74) is 4.19. The zero-order chi connectivity index (χ0) is 19.1. The highest BCUT2D eigenvalue weighted by Gasteiger charge is 2.15. The average molecular weight is 375 g/mol. The second kappa shape index (κ2) is 9.69. The number of amides is 1. The minimum atomic E-state index is -0.0341. The smallest absolute Gasteiger partial charge is 0.263 e. The molecule has 0 atom stereocenters. The Kier molecular flexibility index (Phi) is 7.60. The van der Waals surface area contributed by atoms with Gasteiger partial charge in [-0.2, -0.15) is 0 Å². The van der Waals surface area contributed by atoms with Crippen molar-refractivity contribution in [2.45, 2.75) is 41.0 Å². The average Bonchev–Trinajstić information content (AvgIpc) is 2.98. The molecule has 0 radical (unpaired) electrons. The number of anilines is 2. The Labute approximate surface area is 160 Å².